The molecule has 1 aromatic carbocycles. The molecule has 3 N–H and O–H groups in total. The highest BCUT2D eigenvalue weighted by atomic mass is 35.5. The number of hydrogen-bond acceptors (Lipinski definition) is 5. The molecule has 5 nitrogen and oxygen atoms in total. The zero-order chi connectivity index (χ0) is 18.7. The Labute approximate surface area is 156 Å². The van der Waals surface area contributed by atoms with Gasteiger partial charge in [-0.2, -0.15) is 0 Å². The van der Waals surface area contributed by atoms with Gasteiger partial charge >= 0.3 is 0 Å². The lowest BCUT2D eigenvalue weighted by Crippen LogP contribution is -2.20. The van der Waals surface area contributed by atoms with Crippen molar-refractivity contribution >= 4 is 23.0 Å². The molecule has 0 aliphatic carbocycles. The number of nitrogens with zero attached hydrogens (tertiary/aromatic N) is 1. The van der Waals surface area contributed by atoms with Crippen LogP contribution in [0.25, 0.3) is 16.8 Å². The van der Waals surface area contributed by atoms with E-state index in [2.05, 4.69) is 10.3 Å². The van der Waals surface area contributed by atoms with E-state index in [0.717, 1.165) is 0 Å². The maximum absolute atomic E-state index is 14.3. The summed E-state index contributed by atoms with van der Waals surface area (Å²) in [4.78, 5) is 4.51. The molecule has 1 aliphatic rings. The van der Waals surface area contributed by atoms with Crippen molar-refractivity contribution in [2.75, 3.05) is 25.6 Å². The summed E-state index contributed by atoms with van der Waals surface area (Å²) in [6, 6.07) is 6.09. The summed E-state index contributed by atoms with van der Waals surface area (Å²) in [5.74, 6) is 1.36. The van der Waals surface area contributed by atoms with Crippen LogP contribution < -0.4 is 15.8 Å². The predicted octanol–water partition coefficient (Wildman–Crippen LogP) is 4.20. The minimum absolute atomic E-state index is 0.303. The van der Waals surface area contributed by atoms with Crippen molar-refractivity contribution in [2.45, 2.75) is 6.92 Å². The summed E-state index contributed by atoms with van der Waals surface area (Å²) >= 11 is 6.04. The Kier molecular flexibility index (Phi) is 5.32. The SMILES string of the molecule is CO/C(C)=C/C(=C\N)c1cc(-c2cc(Cl)ccc2F)nc2c1OCCN2. The predicted molar refractivity (Wildman–Crippen MR) is 102 cm³/mol. The number of anilines is 1. The molecule has 0 amide bonds. The first kappa shape index (κ1) is 18.1. The summed E-state index contributed by atoms with van der Waals surface area (Å²) < 4.78 is 25.3. The number of nitrogens with one attached hydrogen (secondary N) is 1. The highest BCUT2D eigenvalue weighted by Gasteiger charge is 2.21. The van der Waals surface area contributed by atoms with Crippen LogP contribution in [0.5, 0.6) is 5.75 Å². The van der Waals surface area contributed by atoms with E-state index in [1.165, 1.54) is 18.3 Å². The molecule has 0 atom stereocenters. The van der Waals surface area contributed by atoms with Crippen LogP contribution in [0.2, 0.25) is 5.02 Å². The first-order chi connectivity index (χ1) is 12.5. The summed E-state index contributed by atoms with van der Waals surface area (Å²) in [6.45, 7) is 2.92. The number of fused-ring (bicyclic) bond motifs is 1. The van der Waals surface area contributed by atoms with Crippen molar-refractivity contribution in [3.8, 4) is 17.0 Å². The van der Waals surface area contributed by atoms with Gasteiger partial charge in [-0.05, 0) is 37.3 Å². The highest BCUT2D eigenvalue weighted by Crippen LogP contribution is 2.38. The Bertz CT molecular complexity index is 897. The van der Waals surface area contributed by atoms with Gasteiger partial charge in [-0.1, -0.05) is 11.6 Å². The van der Waals surface area contributed by atoms with Crippen molar-refractivity contribution in [3.05, 3.63) is 58.7 Å². The Morgan fingerprint density at radius 2 is 2.23 bits per heavy atom. The van der Waals surface area contributed by atoms with Crippen LogP contribution in [0.3, 0.4) is 0 Å². The molecule has 2 heterocycles. The molecule has 7 heteroatoms. The largest absolute Gasteiger partial charge is 0.501 e. The molecule has 26 heavy (non-hydrogen) atoms. The molecular weight excluding hydrogens is 357 g/mol. The minimum Gasteiger partial charge on any atom is -0.501 e. The summed E-state index contributed by atoms with van der Waals surface area (Å²) in [5, 5.41) is 3.61. The van der Waals surface area contributed by atoms with Crippen LogP contribution in [0.4, 0.5) is 10.2 Å². The zero-order valence-electron chi connectivity index (χ0n) is 14.5. The third-order valence-corrected chi connectivity index (χ3v) is 4.22. The summed E-state index contributed by atoms with van der Waals surface area (Å²) in [5.41, 5.74) is 7.93. The number of nitrogens with two attached hydrogens (primary N) is 1. The number of ether oxygens (including phenoxy) is 2. The van der Waals surface area contributed by atoms with Crippen molar-refractivity contribution in [2.24, 2.45) is 5.73 Å². The lowest BCUT2D eigenvalue weighted by atomic mass is 10.0. The number of benzene rings is 1. The van der Waals surface area contributed by atoms with Gasteiger partial charge in [0, 0.05) is 27.9 Å². The van der Waals surface area contributed by atoms with E-state index < -0.39 is 5.82 Å². The van der Waals surface area contributed by atoms with Gasteiger partial charge in [0.1, 0.15) is 12.4 Å². The molecular formula is C19H19ClFN3O2. The fraction of sp³-hybridized carbons (Fsp3) is 0.211. The quantitative estimate of drug-likeness (QED) is 0.619. The molecule has 0 unspecified atom stereocenters. The first-order valence-electron chi connectivity index (χ1n) is 8.05. The molecule has 2 aromatic rings. The van der Waals surface area contributed by atoms with E-state index >= 15 is 0 Å². The third-order valence-electron chi connectivity index (χ3n) is 3.99. The Hall–Kier alpha value is -2.73. The van der Waals surface area contributed by atoms with Gasteiger partial charge in [0.05, 0.1) is 25.1 Å². The standard InChI is InChI=1S/C19H19ClFN3O2/c1-11(25-2)7-12(10-22)14-9-17(15-8-13(20)3-4-16(15)21)24-19-18(14)26-6-5-23-19/h3-4,7-10H,5-6,22H2,1-2H3,(H,23,24)/b11-7+,12-10+. The van der Waals surface area contributed by atoms with E-state index in [0.29, 0.717) is 57.9 Å². The van der Waals surface area contributed by atoms with Crippen molar-refractivity contribution < 1.29 is 13.9 Å². The Morgan fingerprint density at radius 1 is 1.42 bits per heavy atom. The lowest BCUT2D eigenvalue weighted by Gasteiger charge is -2.22. The second-order valence-corrected chi connectivity index (χ2v) is 6.15. The van der Waals surface area contributed by atoms with Gasteiger partial charge in [-0.3, -0.25) is 0 Å². The van der Waals surface area contributed by atoms with E-state index in [9.17, 15) is 4.39 Å². The molecule has 0 bridgehead atoms. The molecule has 0 fully saturated rings. The van der Waals surface area contributed by atoms with Crippen molar-refractivity contribution in [1.29, 1.82) is 0 Å². The van der Waals surface area contributed by atoms with Crippen LogP contribution in [0.15, 0.2) is 42.3 Å². The van der Waals surface area contributed by atoms with Gasteiger partial charge < -0.3 is 20.5 Å². The van der Waals surface area contributed by atoms with Crippen LogP contribution in [0.1, 0.15) is 12.5 Å². The van der Waals surface area contributed by atoms with Crippen LogP contribution in [0, 0.1) is 5.82 Å². The van der Waals surface area contributed by atoms with E-state index in [1.807, 2.05) is 6.92 Å². The molecule has 136 valence electrons. The molecule has 0 saturated heterocycles. The topological polar surface area (TPSA) is 69.4 Å². The van der Waals surface area contributed by atoms with Crippen molar-refractivity contribution in [1.82, 2.24) is 4.98 Å². The van der Waals surface area contributed by atoms with Crippen LogP contribution in [-0.2, 0) is 4.74 Å². The number of hydrogen-bond donors (Lipinski definition) is 2. The second-order valence-electron chi connectivity index (χ2n) is 5.71. The second kappa shape index (κ2) is 7.66. The van der Waals surface area contributed by atoms with E-state index in [4.69, 9.17) is 26.8 Å². The molecule has 0 radical (unpaired) electrons. The number of rotatable bonds is 4. The number of aromatic nitrogens is 1. The molecule has 1 aliphatic heterocycles. The molecule has 0 spiro atoms. The fourth-order valence-electron chi connectivity index (χ4n) is 2.66. The number of methoxy groups -OCH3 is 1. The normalized spacial score (nSPS) is 14.3. The van der Waals surface area contributed by atoms with Gasteiger partial charge in [0.2, 0.25) is 0 Å². The van der Waals surface area contributed by atoms with E-state index in [-0.39, 0.29) is 0 Å². The summed E-state index contributed by atoms with van der Waals surface area (Å²) in [7, 11) is 1.58. The van der Waals surface area contributed by atoms with Gasteiger partial charge in [-0.15, -0.1) is 0 Å². The van der Waals surface area contributed by atoms with Gasteiger partial charge in [0.25, 0.3) is 0 Å². The lowest BCUT2D eigenvalue weighted by molar-refractivity contribution is 0.294. The fourth-order valence-corrected chi connectivity index (χ4v) is 2.83. The number of halogens is 2. The average molecular weight is 376 g/mol. The number of pyridine rings is 1. The zero-order valence-corrected chi connectivity index (χ0v) is 15.2. The van der Waals surface area contributed by atoms with Gasteiger partial charge in [0.15, 0.2) is 11.6 Å². The smallest absolute Gasteiger partial charge is 0.170 e. The molecule has 3 rings (SSSR count). The van der Waals surface area contributed by atoms with Crippen LogP contribution >= 0.6 is 11.6 Å². The minimum atomic E-state index is -0.411. The highest BCUT2D eigenvalue weighted by molar-refractivity contribution is 6.30. The maximum Gasteiger partial charge on any atom is 0.170 e. The monoisotopic (exact) mass is 375 g/mol. The Morgan fingerprint density at radius 3 is 2.96 bits per heavy atom. The number of allylic oxidation sites excluding steroid dienone is 3. The molecule has 0 saturated carbocycles. The Balaban J connectivity index is 2.22. The molecule has 1 aromatic heterocycles. The van der Waals surface area contributed by atoms with Crippen LogP contribution in [-0.4, -0.2) is 25.2 Å². The van der Waals surface area contributed by atoms with E-state index in [1.54, 1.807) is 25.3 Å². The first-order valence-corrected chi connectivity index (χ1v) is 8.43. The third kappa shape index (κ3) is 3.60. The van der Waals surface area contributed by atoms with Gasteiger partial charge in [-0.25, -0.2) is 9.37 Å². The average Bonchev–Trinajstić information content (AvgIpc) is 2.67. The summed E-state index contributed by atoms with van der Waals surface area (Å²) in [6.07, 6.45) is 3.24. The van der Waals surface area contributed by atoms with Crippen molar-refractivity contribution in [3.63, 3.8) is 0 Å². The maximum atomic E-state index is 14.3.